The van der Waals surface area contributed by atoms with Crippen molar-refractivity contribution in [3.63, 3.8) is 0 Å². The molecule has 4 aromatic heterocycles. The molecular formula is C24H21N3O2S2. The number of carbonyl (C=O) groups excluding carboxylic acids is 1. The maximum absolute atomic E-state index is 12.8. The molecule has 0 unspecified atom stereocenters. The summed E-state index contributed by atoms with van der Waals surface area (Å²) in [5, 5.41) is 8.36. The smallest absolute Gasteiger partial charge is 0.236 e. The fourth-order valence-electron chi connectivity index (χ4n) is 3.76. The van der Waals surface area contributed by atoms with Crippen molar-refractivity contribution in [3.05, 3.63) is 87.4 Å². The van der Waals surface area contributed by atoms with E-state index in [0.717, 1.165) is 10.4 Å². The predicted octanol–water partition coefficient (Wildman–Crippen LogP) is 5.75. The van der Waals surface area contributed by atoms with Crippen LogP contribution >= 0.6 is 22.7 Å². The van der Waals surface area contributed by atoms with Crippen LogP contribution in [-0.2, 0) is 11.2 Å². The Kier molecular flexibility index (Phi) is 5.44. The van der Waals surface area contributed by atoms with Gasteiger partial charge in [0.1, 0.15) is 5.76 Å². The van der Waals surface area contributed by atoms with Crippen LogP contribution in [0.5, 0.6) is 0 Å². The van der Waals surface area contributed by atoms with Gasteiger partial charge in [-0.2, -0.15) is 0 Å². The summed E-state index contributed by atoms with van der Waals surface area (Å²) in [6.45, 7) is 2.38. The number of hydrogen-bond donors (Lipinski definition) is 2. The van der Waals surface area contributed by atoms with Crippen LogP contribution in [0.4, 0.5) is 0 Å². The van der Waals surface area contributed by atoms with Gasteiger partial charge in [0.2, 0.25) is 11.8 Å². The summed E-state index contributed by atoms with van der Waals surface area (Å²) < 4.78 is 5.77. The molecule has 5 nitrogen and oxygen atoms in total. The number of aryl methyl sites for hydroxylation is 1. The Balaban J connectivity index is 1.33. The lowest BCUT2D eigenvalue weighted by Crippen LogP contribution is -2.30. The fourth-order valence-corrected chi connectivity index (χ4v) is 5.26. The molecule has 0 spiro atoms. The molecule has 4 heterocycles. The quantitative estimate of drug-likeness (QED) is 0.334. The summed E-state index contributed by atoms with van der Waals surface area (Å²) in [7, 11) is 0. The second-order valence-corrected chi connectivity index (χ2v) is 9.26. The fraction of sp³-hybridized carbons (Fsp3) is 0.167. The molecule has 0 aliphatic carbocycles. The molecular weight excluding hydrogens is 426 g/mol. The minimum Gasteiger partial charge on any atom is -0.440 e. The van der Waals surface area contributed by atoms with E-state index in [0.29, 0.717) is 23.9 Å². The summed E-state index contributed by atoms with van der Waals surface area (Å²) >= 11 is 3.28. The lowest BCUT2D eigenvalue weighted by Gasteiger charge is -2.16. The van der Waals surface area contributed by atoms with Crippen molar-refractivity contribution in [1.82, 2.24) is 15.3 Å². The van der Waals surface area contributed by atoms with Crippen molar-refractivity contribution in [2.75, 3.05) is 6.54 Å². The first-order chi connectivity index (χ1) is 15.2. The number of aromatic nitrogens is 2. The maximum Gasteiger partial charge on any atom is 0.236 e. The molecule has 7 heteroatoms. The number of nitrogens with zero attached hydrogens (tertiary/aromatic N) is 1. The van der Waals surface area contributed by atoms with Gasteiger partial charge in [-0.3, -0.25) is 4.79 Å². The molecule has 0 aliphatic rings. The number of hydrogen-bond acceptors (Lipinski definition) is 5. The van der Waals surface area contributed by atoms with Crippen molar-refractivity contribution < 1.29 is 9.21 Å². The number of amides is 1. The van der Waals surface area contributed by atoms with Gasteiger partial charge in [-0.05, 0) is 41.4 Å². The number of nitrogens with one attached hydrogen (secondary N) is 2. The summed E-state index contributed by atoms with van der Waals surface area (Å²) in [4.78, 5) is 22.9. The van der Waals surface area contributed by atoms with Crippen LogP contribution < -0.4 is 5.32 Å². The average molecular weight is 448 g/mol. The van der Waals surface area contributed by atoms with E-state index >= 15 is 0 Å². The van der Waals surface area contributed by atoms with Crippen LogP contribution in [0.3, 0.4) is 0 Å². The van der Waals surface area contributed by atoms with Crippen molar-refractivity contribution in [2.24, 2.45) is 0 Å². The monoisotopic (exact) mass is 447 g/mol. The zero-order valence-corrected chi connectivity index (χ0v) is 18.6. The number of H-pyrrole nitrogens is 1. The zero-order chi connectivity index (χ0) is 21.2. The normalized spacial score (nSPS) is 12.3. The lowest BCUT2D eigenvalue weighted by molar-refractivity contribution is -0.120. The molecule has 0 aliphatic heterocycles. The van der Waals surface area contributed by atoms with E-state index in [-0.39, 0.29) is 18.2 Å². The summed E-state index contributed by atoms with van der Waals surface area (Å²) in [6, 6.07) is 16.4. The van der Waals surface area contributed by atoms with Gasteiger partial charge in [0.25, 0.3) is 0 Å². The van der Waals surface area contributed by atoms with E-state index in [9.17, 15) is 4.79 Å². The number of fused-ring (bicyclic) bond motifs is 1. The predicted molar refractivity (Wildman–Crippen MR) is 126 cm³/mol. The van der Waals surface area contributed by atoms with Gasteiger partial charge in [-0.25, -0.2) is 4.98 Å². The Bertz CT molecular complexity index is 1300. The van der Waals surface area contributed by atoms with Crippen LogP contribution in [0.2, 0.25) is 0 Å². The third kappa shape index (κ3) is 4.06. The molecule has 0 fully saturated rings. The number of para-hydroxylation sites is 1. The number of benzene rings is 1. The first kappa shape index (κ1) is 19.8. The molecule has 1 atom stereocenters. The van der Waals surface area contributed by atoms with Crippen LogP contribution in [0, 0.1) is 6.92 Å². The molecule has 5 rings (SSSR count). The number of carbonyl (C=O) groups is 1. The standard InChI is InChI=1S/C24H21N3O2S2/c1-15-20(27-24(29-15)22-9-5-11-31-22)12-23(28)26-14-18(21-8-4-10-30-21)17-13-25-19-7-3-2-6-16(17)19/h2-11,13,18,25H,12,14H2,1H3,(H,26,28)/t18-/m0/s1. The number of aromatic amines is 1. The SMILES string of the molecule is Cc1oc(-c2cccs2)nc1CC(=O)NC[C@H](c1cccs1)c1c[nH]c2ccccc12. The molecule has 2 N–H and O–H groups in total. The molecule has 0 radical (unpaired) electrons. The molecule has 0 bridgehead atoms. The van der Waals surface area contributed by atoms with Crippen LogP contribution in [0.1, 0.15) is 27.8 Å². The van der Waals surface area contributed by atoms with Gasteiger partial charge >= 0.3 is 0 Å². The Labute approximate surface area is 187 Å². The van der Waals surface area contributed by atoms with Crippen molar-refractivity contribution >= 4 is 39.5 Å². The largest absolute Gasteiger partial charge is 0.440 e. The van der Waals surface area contributed by atoms with Crippen LogP contribution in [0.15, 0.2) is 69.9 Å². The lowest BCUT2D eigenvalue weighted by atomic mass is 9.96. The van der Waals surface area contributed by atoms with E-state index in [1.807, 2.05) is 36.6 Å². The topological polar surface area (TPSA) is 70.9 Å². The first-order valence-electron chi connectivity index (χ1n) is 10.1. The highest BCUT2D eigenvalue weighted by atomic mass is 32.1. The Morgan fingerprint density at radius 1 is 1.13 bits per heavy atom. The number of oxazole rings is 1. The number of rotatable bonds is 7. The Morgan fingerprint density at radius 2 is 1.97 bits per heavy atom. The molecule has 156 valence electrons. The Morgan fingerprint density at radius 3 is 2.77 bits per heavy atom. The third-order valence-electron chi connectivity index (χ3n) is 5.34. The second kappa shape index (κ2) is 8.53. The first-order valence-corrected chi connectivity index (χ1v) is 11.8. The van der Waals surface area contributed by atoms with E-state index < -0.39 is 0 Å². The molecule has 5 aromatic rings. The average Bonchev–Trinajstić information content (AvgIpc) is 3.57. The summed E-state index contributed by atoms with van der Waals surface area (Å²) in [6.07, 6.45) is 2.25. The zero-order valence-electron chi connectivity index (χ0n) is 16.9. The van der Waals surface area contributed by atoms with E-state index in [1.54, 1.807) is 22.7 Å². The highest BCUT2D eigenvalue weighted by Crippen LogP contribution is 2.33. The van der Waals surface area contributed by atoms with Gasteiger partial charge in [0.15, 0.2) is 0 Å². The minimum absolute atomic E-state index is 0.0597. The molecule has 1 aromatic carbocycles. The van der Waals surface area contributed by atoms with Crippen LogP contribution in [0.25, 0.3) is 21.7 Å². The maximum atomic E-state index is 12.8. The molecule has 1 amide bonds. The van der Waals surface area contributed by atoms with E-state index in [2.05, 4.69) is 51.1 Å². The summed E-state index contributed by atoms with van der Waals surface area (Å²) in [5.74, 6) is 1.28. The van der Waals surface area contributed by atoms with Gasteiger partial charge < -0.3 is 14.7 Å². The minimum atomic E-state index is -0.0597. The highest BCUT2D eigenvalue weighted by molar-refractivity contribution is 7.13. The van der Waals surface area contributed by atoms with Gasteiger partial charge in [-0.1, -0.05) is 30.3 Å². The van der Waals surface area contributed by atoms with Gasteiger partial charge in [-0.15, -0.1) is 22.7 Å². The highest BCUT2D eigenvalue weighted by Gasteiger charge is 2.21. The molecule has 0 saturated heterocycles. The van der Waals surface area contributed by atoms with E-state index in [4.69, 9.17) is 4.42 Å². The van der Waals surface area contributed by atoms with Gasteiger partial charge in [0, 0.05) is 34.4 Å². The van der Waals surface area contributed by atoms with Crippen molar-refractivity contribution in [1.29, 1.82) is 0 Å². The molecule has 31 heavy (non-hydrogen) atoms. The summed E-state index contributed by atoms with van der Waals surface area (Å²) in [5.41, 5.74) is 2.97. The van der Waals surface area contributed by atoms with Crippen molar-refractivity contribution in [3.8, 4) is 10.8 Å². The molecule has 0 saturated carbocycles. The number of thiophene rings is 2. The second-order valence-electron chi connectivity index (χ2n) is 7.34. The third-order valence-corrected chi connectivity index (χ3v) is 7.18. The Hall–Kier alpha value is -3.16. The van der Waals surface area contributed by atoms with Crippen molar-refractivity contribution in [2.45, 2.75) is 19.3 Å². The van der Waals surface area contributed by atoms with Crippen LogP contribution in [-0.4, -0.2) is 22.4 Å². The van der Waals surface area contributed by atoms with Gasteiger partial charge in [0.05, 0.1) is 17.0 Å². The van der Waals surface area contributed by atoms with E-state index in [1.165, 1.54) is 15.8 Å².